The number of esters is 2. The molecule has 0 spiro atoms. The van der Waals surface area contributed by atoms with Gasteiger partial charge in [0, 0.05) is 0 Å². The molecular formula is C19H31F5O8S. The van der Waals surface area contributed by atoms with Crippen LogP contribution in [0.2, 0.25) is 0 Å². The highest BCUT2D eigenvalue weighted by Crippen LogP contribution is 2.49. The molecule has 1 N–H and O–H groups in total. The van der Waals surface area contributed by atoms with Gasteiger partial charge in [-0.15, -0.1) is 0 Å². The predicted octanol–water partition coefficient (Wildman–Crippen LogP) is 4.34. The molecule has 0 bridgehead atoms. The summed E-state index contributed by atoms with van der Waals surface area (Å²) in [6.07, 6.45) is -6.02. The second-order valence-electron chi connectivity index (χ2n) is 9.94. The van der Waals surface area contributed by atoms with Gasteiger partial charge in [-0.2, -0.15) is 30.4 Å². The zero-order valence-corrected chi connectivity index (χ0v) is 20.5. The summed E-state index contributed by atoms with van der Waals surface area (Å²) in [7, 11) is -6.23. The molecule has 0 aliphatic heterocycles. The molecule has 8 nitrogen and oxygen atoms in total. The predicted molar refractivity (Wildman–Crippen MR) is 106 cm³/mol. The third-order valence-corrected chi connectivity index (χ3v) is 5.84. The Kier molecular flexibility index (Phi) is 9.16. The average molecular weight is 515 g/mol. The number of carbonyl (C=O) groups is 2. The second kappa shape index (κ2) is 9.61. The lowest BCUT2D eigenvalue weighted by atomic mass is 9.61. The summed E-state index contributed by atoms with van der Waals surface area (Å²) in [5.41, 5.74) is -3.39. The molecule has 0 aromatic heterocycles. The Morgan fingerprint density at radius 1 is 0.879 bits per heavy atom. The maximum atomic E-state index is 14.0. The van der Waals surface area contributed by atoms with Crippen LogP contribution < -0.4 is 0 Å². The van der Waals surface area contributed by atoms with E-state index in [-0.39, 0.29) is 6.42 Å². The lowest BCUT2D eigenvalue weighted by molar-refractivity contribution is -0.364. The quantitative estimate of drug-likeness (QED) is 0.209. The molecule has 0 aromatic rings. The summed E-state index contributed by atoms with van der Waals surface area (Å²) in [6.45, 7) is 8.65. The minimum Gasteiger partial charge on any atom is -0.461 e. The maximum Gasteiger partial charge on any atom is 0.468 e. The highest BCUT2D eigenvalue weighted by atomic mass is 32.2. The van der Waals surface area contributed by atoms with Gasteiger partial charge in [0.15, 0.2) is 0 Å². The molecule has 0 amide bonds. The van der Waals surface area contributed by atoms with E-state index < -0.39 is 68.7 Å². The number of hydrogen-bond acceptors (Lipinski definition) is 7. The van der Waals surface area contributed by atoms with E-state index in [9.17, 15) is 40.0 Å². The minimum atomic E-state index is -6.23. The molecule has 0 aliphatic rings. The largest absolute Gasteiger partial charge is 0.468 e. The van der Waals surface area contributed by atoms with Gasteiger partial charge in [0.1, 0.15) is 6.61 Å². The van der Waals surface area contributed by atoms with Crippen LogP contribution in [0.3, 0.4) is 0 Å². The number of carbonyl (C=O) groups excluding carboxylic acids is 2. The first-order valence-electron chi connectivity index (χ1n) is 9.73. The van der Waals surface area contributed by atoms with Crippen LogP contribution in [0.25, 0.3) is 0 Å². The van der Waals surface area contributed by atoms with Crippen molar-refractivity contribution in [2.75, 3.05) is 13.2 Å². The molecule has 2 atom stereocenters. The van der Waals surface area contributed by atoms with Crippen molar-refractivity contribution in [3.8, 4) is 0 Å². The molecule has 0 rings (SSSR count). The van der Waals surface area contributed by atoms with Crippen LogP contribution in [0, 0.1) is 16.2 Å². The van der Waals surface area contributed by atoms with Crippen molar-refractivity contribution in [1.82, 2.24) is 0 Å². The molecule has 2 unspecified atom stereocenters. The molecule has 33 heavy (non-hydrogen) atoms. The van der Waals surface area contributed by atoms with Gasteiger partial charge in [0.25, 0.3) is 0 Å². The number of ether oxygens (including phenoxy) is 3. The average Bonchev–Trinajstić information content (AvgIpc) is 2.53. The third-order valence-electron chi connectivity index (χ3n) is 4.96. The van der Waals surface area contributed by atoms with E-state index in [4.69, 9.17) is 4.55 Å². The molecule has 14 heteroatoms. The lowest BCUT2D eigenvalue weighted by Crippen LogP contribution is -2.61. The summed E-state index contributed by atoms with van der Waals surface area (Å²) in [6, 6.07) is 0. The van der Waals surface area contributed by atoms with Crippen LogP contribution in [0.15, 0.2) is 0 Å². The van der Waals surface area contributed by atoms with Crippen LogP contribution >= 0.6 is 0 Å². The number of halogens is 5. The van der Waals surface area contributed by atoms with Gasteiger partial charge in [-0.05, 0) is 31.1 Å². The lowest BCUT2D eigenvalue weighted by Gasteiger charge is -2.45. The Labute approximate surface area is 189 Å². The SMILES string of the molecule is CCOC(=O)C(OCC(F)(F)S(=O)(=O)O)(OC(=O)C(C)(CC(C)(C)C)C(C)(C)C)C(F)(F)F. The summed E-state index contributed by atoms with van der Waals surface area (Å²) >= 11 is 0. The van der Waals surface area contributed by atoms with E-state index in [0.717, 1.165) is 6.92 Å². The van der Waals surface area contributed by atoms with E-state index in [2.05, 4.69) is 14.2 Å². The highest BCUT2D eigenvalue weighted by Gasteiger charge is 2.70. The Morgan fingerprint density at radius 2 is 1.33 bits per heavy atom. The van der Waals surface area contributed by atoms with Crippen LogP contribution in [-0.2, 0) is 33.9 Å². The Morgan fingerprint density at radius 3 is 1.64 bits per heavy atom. The van der Waals surface area contributed by atoms with Crippen molar-refractivity contribution in [2.45, 2.75) is 79.0 Å². The molecule has 0 saturated carbocycles. The van der Waals surface area contributed by atoms with E-state index >= 15 is 0 Å². The minimum absolute atomic E-state index is 0.0553. The van der Waals surface area contributed by atoms with Gasteiger partial charge in [0.05, 0.1) is 12.0 Å². The highest BCUT2D eigenvalue weighted by molar-refractivity contribution is 7.86. The molecule has 0 aliphatic carbocycles. The van der Waals surface area contributed by atoms with Gasteiger partial charge in [-0.1, -0.05) is 41.5 Å². The van der Waals surface area contributed by atoms with Crippen molar-refractivity contribution in [3.63, 3.8) is 0 Å². The first-order chi connectivity index (χ1) is 14.3. The first-order valence-corrected chi connectivity index (χ1v) is 11.2. The van der Waals surface area contributed by atoms with Crippen molar-refractivity contribution in [2.24, 2.45) is 16.2 Å². The smallest absolute Gasteiger partial charge is 0.461 e. The van der Waals surface area contributed by atoms with Crippen molar-refractivity contribution in [3.05, 3.63) is 0 Å². The second-order valence-corrected chi connectivity index (χ2v) is 11.5. The Bertz CT molecular complexity index is 827. The fraction of sp³-hybridized carbons (Fsp3) is 0.895. The fourth-order valence-electron chi connectivity index (χ4n) is 2.82. The summed E-state index contributed by atoms with van der Waals surface area (Å²) in [5.74, 6) is -8.74. The van der Waals surface area contributed by atoms with Crippen molar-refractivity contribution >= 4 is 22.1 Å². The molecule has 196 valence electrons. The van der Waals surface area contributed by atoms with Crippen LogP contribution in [0.1, 0.15) is 61.8 Å². The van der Waals surface area contributed by atoms with Crippen LogP contribution in [-0.4, -0.2) is 55.3 Å². The van der Waals surface area contributed by atoms with E-state index in [0.29, 0.717) is 0 Å². The van der Waals surface area contributed by atoms with Gasteiger partial charge in [-0.3, -0.25) is 9.35 Å². The normalized spacial score (nSPS) is 17.6. The topological polar surface area (TPSA) is 116 Å². The van der Waals surface area contributed by atoms with Crippen molar-refractivity contribution < 1.29 is 58.7 Å². The Hall–Kier alpha value is -1.54. The van der Waals surface area contributed by atoms with E-state index in [1.165, 1.54) is 27.7 Å². The molecule has 0 heterocycles. The summed E-state index contributed by atoms with van der Waals surface area (Å²) in [4.78, 5) is 25.4. The zero-order valence-electron chi connectivity index (χ0n) is 19.7. The van der Waals surface area contributed by atoms with Crippen LogP contribution in [0.4, 0.5) is 22.0 Å². The molecule has 0 fully saturated rings. The van der Waals surface area contributed by atoms with Gasteiger partial charge in [-0.25, -0.2) is 4.79 Å². The Balaban J connectivity index is 6.71. The zero-order chi connectivity index (χ0) is 26.9. The van der Waals surface area contributed by atoms with E-state index in [1.807, 2.05) is 0 Å². The third kappa shape index (κ3) is 7.22. The number of alkyl halides is 5. The molecule has 0 saturated heterocycles. The van der Waals surface area contributed by atoms with Crippen molar-refractivity contribution in [1.29, 1.82) is 0 Å². The van der Waals surface area contributed by atoms with Crippen LogP contribution in [0.5, 0.6) is 0 Å². The monoisotopic (exact) mass is 514 g/mol. The standard InChI is InChI=1S/C19H31F5O8S/c1-9-30-13(26)18(19(22,23)24,31-11-17(20,21)33(27,28)29)32-12(25)16(8,15(5,6)7)10-14(2,3)4/h9-11H2,1-8H3,(H,27,28,29). The molecule has 0 radical (unpaired) electrons. The number of rotatable bonds is 9. The first kappa shape index (κ1) is 31.5. The van der Waals surface area contributed by atoms with E-state index in [1.54, 1.807) is 20.8 Å². The number of hydrogen-bond donors (Lipinski definition) is 1. The van der Waals surface area contributed by atoms with Gasteiger partial charge >= 0.3 is 39.3 Å². The van der Waals surface area contributed by atoms with Gasteiger partial charge in [0.2, 0.25) is 0 Å². The maximum absolute atomic E-state index is 14.0. The summed E-state index contributed by atoms with van der Waals surface area (Å²) in [5, 5.41) is -5.26. The molecule has 0 aromatic carbocycles. The molecular weight excluding hydrogens is 483 g/mol. The fourth-order valence-corrected chi connectivity index (χ4v) is 3.03. The van der Waals surface area contributed by atoms with Gasteiger partial charge < -0.3 is 14.2 Å². The summed E-state index contributed by atoms with van der Waals surface area (Å²) < 4.78 is 112.